The van der Waals surface area contributed by atoms with Crippen LogP contribution in [0.1, 0.15) is 63.0 Å². The molecule has 0 aromatic heterocycles. The van der Waals surface area contributed by atoms with Crippen molar-refractivity contribution in [3.8, 4) is 0 Å². The van der Waals surface area contributed by atoms with Crippen LogP contribution in [0.2, 0.25) is 0 Å². The molecule has 1 aliphatic rings. The summed E-state index contributed by atoms with van der Waals surface area (Å²) in [6.45, 7) is 5.78. The molecule has 0 bridgehead atoms. The zero-order valence-corrected chi connectivity index (χ0v) is 16.5. The van der Waals surface area contributed by atoms with Crippen molar-refractivity contribution in [1.82, 2.24) is 5.32 Å². The van der Waals surface area contributed by atoms with Gasteiger partial charge in [-0.2, -0.15) is 0 Å². The largest absolute Gasteiger partial charge is 0.352 e. The summed E-state index contributed by atoms with van der Waals surface area (Å²) >= 11 is 0. The summed E-state index contributed by atoms with van der Waals surface area (Å²) < 4.78 is 26.1. The van der Waals surface area contributed by atoms with Crippen molar-refractivity contribution in [1.29, 1.82) is 0 Å². The fourth-order valence-corrected chi connectivity index (χ4v) is 4.43. The molecule has 0 saturated heterocycles. The van der Waals surface area contributed by atoms with Gasteiger partial charge in [-0.1, -0.05) is 51.3 Å². The topological polar surface area (TPSA) is 66.5 Å². The van der Waals surface area contributed by atoms with Crippen LogP contribution < -0.4 is 9.62 Å². The Hall–Kier alpha value is -1.56. The molecule has 25 heavy (non-hydrogen) atoms. The van der Waals surface area contributed by atoms with Crippen LogP contribution in [0.4, 0.5) is 5.69 Å². The zero-order valence-electron chi connectivity index (χ0n) is 15.7. The van der Waals surface area contributed by atoms with Crippen molar-refractivity contribution < 1.29 is 13.2 Å². The Morgan fingerprint density at radius 2 is 1.88 bits per heavy atom. The van der Waals surface area contributed by atoms with E-state index in [2.05, 4.69) is 5.32 Å². The molecule has 5 nitrogen and oxygen atoms in total. The molecule has 0 aliphatic heterocycles. The van der Waals surface area contributed by atoms with Crippen LogP contribution in [-0.4, -0.2) is 33.2 Å². The molecule has 1 aromatic carbocycles. The van der Waals surface area contributed by atoms with E-state index in [0.717, 1.165) is 43.1 Å². The molecule has 1 aromatic rings. The Labute approximate surface area is 151 Å². The summed E-state index contributed by atoms with van der Waals surface area (Å²) in [4.78, 5) is 12.5. The van der Waals surface area contributed by atoms with Gasteiger partial charge >= 0.3 is 0 Å². The number of carbonyl (C=O) groups is 1. The van der Waals surface area contributed by atoms with E-state index in [1.165, 1.54) is 10.7 Å². The maximum atomic E-state index is 12.5. The van der Waals surface area contributed by atoms with E-state index in [-0.39, 0.29) is 24.4 Å². The third-order valence-corrected chi connectivity index (χ3v) is 5.91. The lowest BCUT2D eigenvalue weighted by atomic mass is 9.95. The molecule has 0 spiro atoms. The SMILES string of the molecule is Cc1cccc(C(C)C)c1N(CC(=O)NC1CCCCC1)S(C)(=O)=O. The second kappa shape index (κ2) is 8.21. The van der Waals surface area contributed by atoms with Crippen LogP contribution in [0.5, 0.6) is 0 Å². The highest BCUT2D eigenvalue weighted by atomic mass is 32.2. The van der Waals surface area contributed by atoms with Gasteiger partial charge in [-0.05, 0) is 36.8 Å². The molecule has 1 fully saturated rings. The van der Waals surface area contributed by atoms with Gasteiger partial charge in [0.25, 0.3) is 0 Å². The standard InChI is InChI=1S/C19H30N2O3S/c1-14(2)17-12-8-9-15(3)19(17)21(25(4,23)24)13-18(22)20-16-10-6-5-7-11-16/h8-9,12,14,16H,5-7,10-11,13H2,1-4H3,(H,20,22). The number of carbonyl (C=O) groups excluding carboxylic acids is 1. The molecular formula is C19H30N2O3S. The van der Waals surface area contributed by atoms with Gasteiger partial charge in [-0.25, -0.2) is 8.42 Å². The molecule has 0 unspecified atom stereocenters. The predicted octanol–water partition coefficient (Wildman–Crippen LogP) is 3.33. The zero-order chi connectivity index (χ0) is 18.6. The van der Waals surface area contributed by atoms with Crippen LogP contribution in [0.15, 0.2) is 18.2 Å². The summed E-state index contributed by atoms with van der Waals surface area (Å²) in [5.74, 6) is -0.0594. The van der Waals surface area contributed by atoms with Crippen molar-refractivity contribution >= 4 is 21.6 Å². The highest BCUT2D eigenvalue weighted by Gasteiger charge is 2.26. The van der Waals surface area contributed by atoms with Crippen molar-refractivity contribution in [2.45, 2.75) is 64.8 Å². The molecule has 2 rings (SSSR count). The van der Waals surface area contributed by atoms with Gasteiger partial charge in [-0.15, -0.1) is 0 Å². The highest BCUT2D eigenvalue weighted by molar-refractivity contribution is 7.92. The average molecular weight is 367 g/mol. The molecule has 1 aliphatic carbocycles. The molecule has 140 valence electrons. The third-order valence-electron chi connectivity index (χ3n) is 4.80. The minimum atomic E-state index is -3.56. The van der Waals surface area contributed by atoms with Crippen molar-refractivity contribution in [3.63, 3.8) is 0 Å². The number of rotatable bonds is 6. The number of aryl methyl sites for hydroxylation is 1. The van der Waals surface area contributed by atoms with Crippen molar-refractivity contribution in [2.24, 2.45) is 0 Å². The number of hydrogen-bond donors (Lipinski definition) is 1. The Balaban J connectivity index is 2.27. The molecule has 1 N–H and O–H groups in total. The molecule has 6 heteroatoms. The highest BCUT2D eigenvalue weighted by Crippen LogP contribution is 2.32. The number of sulfonamides is 1. The number of benzene rings is 1. The van der Waals surface area contributed by atoms with Crippen LogP contribution in [0.25, 0.3) is 0 Å². The fourth-order valence-electron chi connectivity index (χ4n) is 3.50. The summed E-state index contributed by atoms with van der Waals surface area (Å²) in [5, 5.41) is 3.01. The van der Waals surface area contributed by atoms with E-state index < -0.39 is 10.0 Å². The first-order valence-corrected chi connectivity index (χ1v) is 10.9. The Morgan fingerprint density at radius 1 is 1.24 bits per heavy atom. The maximum absolute atomic E-state index is 12.5. The summed E-state index contributed by atoms with van der Waals surface area (Å²) in [6, 6.07) is 5.92. The van der Waals surface area contributed by atoms with Gasteiger partial charge in [0.15, 0.2) is 0 Å². The van der Waals surface area contributed by atoms with Gasteiger partial charge in [0, 0.05) is 6.04 Å². The average Bonchev–Trinajstić information content (AvgIpc) is 2.52. The van der Waals surface area contributed by atoms with Crippen molar-refractivity contribution in [2.75, 3.05) is 17.1 Å². The van der Waals surface area contributed by atoms with Crippen LogP contribution in [0.3, 0.4) is 0 Å². The van der Waals surface area contributed by atoms with E-state index in [9.17, 15) is 13.2 Å². The minimum absolute atomic E-state index is 0.167. The van der Waals surface area contributed by atoms with Crippen LogP contribution in [0, 0.1) is 6.92 Å². The lowest BCUT2D eigenvalue weighted by Crippen LogP contribution is -2.45. The number of anilines is 1. The number of amides is 1. The van der Waals surface area contributed by atoms with Crippen molar-refractivity contribution in [3.05, 3.63) is 29.3 Å². The smallest absolute Gasteiger partial charge is 0.240 e. The quantitative estimate of drug-likeness (QED) is 0.840. The van der Waals surface area contributed by atoms with Crippen LogP contribution in [-0.2, 0) is 14.8 Å². The van der Waals surface area contributed by atoms with E-state index in [0.29, 0.717) is 5.69 Å². The van der Waals surface area contributed by atoms with E-state index in [1.807, 2.05) is 39.0 Å². The number of para-hydroxylation sites is 1. The summed E-state index contributed by atoms with van der Waals surface area (Å²) in [5.41, 5.74) is 2.44. The van der Waals surface area contributed by atoms with E-state index >= 15 is 0 Å². The van der Waals surface area contributed by atoms with Crippen LogP contribution >= 0.6 is 0 Å². The Bertz CT molecular complexity index is 707. The van der Waals surface area contributed by atoms with E-state index in [1.54, 1.807) is 0 Å². The number of hydrogen-bond acceptors (Lipinski definition) is 3. The first kappa shape index (κ1) is 19.8. The monoisotopic (exact) mass is 366 g/mol. The molecule has 0 atom stereocenters. The summed E-state index contributed by atoms with van der Waals surface area (Å²) in [6.07, 6.45) is 6.57. The van der Waals surface area contributed by atoms with Gasteiger partial charge in [0.2, 0.25) is 15.9 Å². The lowest BCUT2D eigenvalue weighted by molar-refractivity contribution is -0.120. The van der Waals surface area contributed by atoms with Gasteiger partial charge < -0.3 is 5.32 Å². The molecular weight excluding hydrogens is 336 g/mol. The summed E-state index contributed by atoms with van der Waals surface area (Å²) in [7, 11) is -3.56. The molecule has 0 radical (unpaired) electrons. The Morgan fingerprint density at radius 3 is 2.44 bits per heavy atom. The second-order valence-corrected chi connectivity index (χ2v) is 9.25. The van der Waals surface area contributed by atoms with Gasteiger partial charge in [-0.3, -0.25) is 9.10 Å². The number of nitrogens with zero attached hydrogens (tertiary/aromatic N) is 1. The Kier molecular flexibility index (Phi) is 6.49. The first-order chi connectivity index (χ1) is 11.7. The third kappa shape index (κ3) is 5.21. The number of nitrogens with one attached hydrogen (secondary N) is 1. The first-order valence-electron chi connectivity index (χ1n) is 9.06. The van der Waals surface area contributed by atoms with Gasteiger partial charge in [0.1, 0.15) is 6.54 Å². The lowest BCUT2D eigenvalue weighted by Gasteiger charge is -2.29. The maximum Gasteiger partial charge on any atom is 0.240 e. The normalized spacial score (nSPS) is 16.0. The molecule has 1 amide bonds. The predicted molar refractivity (Wildman–Crippen MR) is 102 cm³/mol. The second-order valence-electron chi connectivity index (χ2n) is 7.34. The minimum Gasteiger partial charge on any atom is -0.352 e. The van der Waals surface area contributed by atoms with E-state index in [4.69, 9.17) is 0 Å². The van der Waals surface area contributed by atoms with Gasteiger partial charge in [0.05, 0.1) is 11.9 Å². The fraction of sp³-hybridized carbons (Fsp3) is 0.632. The molecule has 0 heterocycles. The molecule has 1 saturated carbocycles.